The number of carbonyl (C=O) groups is 2. The summed E-state index contributed by atoms with van der Waals surface area (Å²) >= 11 is 0. The molecular weight excluding hydrogens is 370 g/mol. The minimum atomic E-state index is -0.592. The maximum Gasteiger partial charge on any atom is 0.322 e. The van der Waals surface area contributed by atoms with Gasteiger partial charge >= 0.3 is 6.01 Å². The van der Waals surface area contributed by atoms with E-state index in [1.54, 1.807) is 0 Å². The van der Waals surface area contributed by atoms with Crippen LogP contribution < -0.4 is 10.2 Å². The first-order chi connectivity index (χ1) is 13.5. The third kappa shape index (κ3) is 3.59. The normalized spacial score (nSPS) is 16.4. The summed E-state index contributed by atoms with van der Waals surface area (Å²) in [5.41, 5.74) is 0.686. The number of rotatable bonds is 4. The van der Waals surface area contributed by atoms with E-state index in [4.69, 9.17) is 4.42 Å². The van der Waals surface area contributed by atoms with Gasteiger partial charge in [-0.1, -0.05) is 11.2 Å². The molecule has 1 saturated heterocycles. The second kappa shape index (κ2) is 7.18. The summed E-state index contributed by atoms with van der Waals surface area (Å²) in [4.78, 5) is 25.9. The molecule has 2 amide bonds. The highest BCUT2D eigenvalue weighted by Gasteiger charge is 2.35. The van der Waals surface area contributed by atoms with Crippen molar-refractivity contribution in [1.29, 1.82) is 0 Å². The van der Waals surface area contributed by atoms with Gasteiger partial charge in [0, 0.05) is 24.2 Å². The molecule has 3 aromatic rings. The molecule has 0 radical (unpaired) electrons. The SMILES string of the molecule is O=C(Nc1nnc([C@H]2CC(=O)N(c3ccc(F)cc3)C2)o1)c1cccc(F)c1. The van der Waals surface area contributed by atoms with Gasteiger partial charge in [0.2, 0.25) is 11.8 Å². The van der Waals surface area contributed by atoms with Gasteiger partial charge in [-0.05, 0) is 42.5 Å². The van der Waals surface area contributed by atoms with Gasteiger partial charge in [0.05, 0.1) is 5.92 Å². The molecule has 2 heterocycles. The van der Waals surface area contributed by atoms with Gasteiger partial charge in [0.25, 0.3) is 5.91 Å². The Morgan fingerprint density at radius 3 is 2.64 bits per heavy atom. The second-order valence-electron chi connectivity index (χ2n) is 6.29. The van der Waals surface area contributed by atoms with Crippen LogP contribution in [0.3, 0.4) is 0 Å². The molecule has 0 aliphatic carbocycles. The van der Waals surface area contributed by atoms with Crippen LogP contribution >= 0.6 is 0 Å². The molecule has 142 valence electrons. The molecule has 4 rings (SSSR count). The van der Waals surface area contributed by atoms with Crippen molar-refractivity contribution in [2.24, 2.45) is 0 Å². The standard InChI is InChI=1S/C19H14F2N4O3/c20-13-4-6-15(7-5-13)25-10-12(9-16(25)26)18-23-24-19(28-18)22-17(27)11-2-1-3-14(21)8-11/h1-8,12H,9-10H2,(H,22,24,27)/t12-/m0/s1. The van der Waals surface area contributed by atoms with Crippen molar-refractivity contribution in [3.8, 4) is 0 Å². The van der Waals surface area contributed by atoms with E-state index in [9.17, 15) is 18.4 Å². The van der Waals surface area contributed by atoms with E-state index in [1.807, 2.05) is 0 Å². The maximum absolute atomic E-state index is 13.2. The number of aromatic nitrogens is 2. The van der Waals surface area contributed by atoms with Crippen molar-refractivity contribution in [3.05, 3.63) is 71.6 Å². The lowest BCUT2D eigenvalue weighted by Gasteiger charge is -2.15. The number of halogens is 2. The fourth-order valence-corrected chi connectivity index (χ4v) is 2.99. The minimum Gasteiger partial charge on any atom is -0.407 e. The quantitative estimate of drug-likeness (QED) is 0.747. The zero-order valence-corrected chi connectivity index (χ0v) is 14.4. The highest BCUT2D eigenvalue weighted by molar-refractivity contribution is 6.03. The fourth-order valence-electron chi connectivity index (χ4n) is 2.99. The van der Waals surface area contributed by atoms with Crippen molar-refractivity contribution in [2.45, 2.75) is 12.3 Å². The van der Waals surface area contributed by atoms with Crippen LogP contribution in [0.15, 0.2) is 52.9 Å². The monoisotopic (exact) mass is 384 g/mol. The second-order valence-corrected chi connectivity index (χ2v) is 6.29. The molecule has 0 spiro atoms. The first-order valence-corrected chi connectivity index (χ1v) is 8.46. The van der Waals surface area contributed by atoms with Gasteiger partial charge in [-0.25, -0.2) is 8.78 Å². The number of hydrogen-bond donors (Lipinski definition) is 1. The zero-order chi connectivity index (χ0) is 19.7. The molecule has 1 N–H and O–H groups in total. The van der Waals surface area contributed by atoms with E-state index in [0.717, 1.165) is 6.07 Å². The third-order valence-electron chi connectivity index (χ3n) is 4.36. The first kappa shape index (κ1) is 17.8. The Kier molecular flexibility index (Phi) is 4.56. The summed E-state index contributed by atoms with van der Waals surface area (Å²) in [5.74, 6) is -1.82. The molecule has 7 nitrogen and oxygen atoms in total. The zero-order valence-electron chi connectivity index (χ0n) is 14.4. The highest BCUT2D eigenvalue weighted by Crippen LogP contribution is 2.31. The van der Waals surface area contributed by atoms with E-state index in [-0.39, 0.29) is 41.5 Å². The molecule has 1 fully saturated rings. The third-order valence-corrected chi connectivity index (χ3v) is 4.36. The van der Waals surface area contributed by atoms with Crippen molar-refractivity contribution in [2.75, 3.05) is 16.8 Å². The number of nitrogens with zero attached hydrogens (tertiary/aromatic N) is 3. The van der Waals surface area contributed by atoms with E-state index >= 15 is 0 Å². The van der Waals surface area contributed by atoms with Crippen molar-refractivity contribution >= 4 is 23.5 Å². The average molecular weight is 384 g/mol. The van der Waals surface area contributed by atoms with Crippen molar-refractivity contribution < 1.29 is 22.8 Å². The summed E-state index contributed by atoms with van der Waals surface area (Å²) in [5, 5.41) is 10.1. The van der Waals surface area contributed by atoms with Crippen molar-refractivity contribution in [1.82, 2.24) is 10.2 Å². The number of nitrogens with one attached hydrogen (secondary N) is 1. The molecule has 0 saturated carbocycles. The molecular formula is C19H14F2N4O3. The fraction of sp³-hybridized carbons (Fsp3) is 0.158. The Bertz CT molecular complexity index is 1040. The Hall–Kier alpha value is -3.62. The van der Waals surface area contributed by atoms with E-state index in [1.165, 1.54) is 47.4 Å². The van der Waals surface area contributed by atoms with Crippen LogP contribution in [0.5, 0.6) is 0 Å². The van der Waals surface area contributed by atoms with Crippen LogP contribution in [-0.4, -0.2) is 28.6 Å². The molecule has 28 heavy (non-hydrogen) atoms. The summed E-state index contributed by atoms with van der Waals surface area (Å²) in [6.07, 6.45) is 0.150. The Balaban J connectivity index is 1.45. The summed E-state index contributed by atoms with van der Waals surface area (Å²) in [7, 11) is 0. The van der Waals surface area contributed by atoms with Crippen LogP contribution in [0.4, 0.5) is 20.5 Å². The molecule has 9 heteroatoms. The molecule has 1 aliphatic heterocycles. The summed E-state index contributed by atoms with van der Waals surface area (Å²) < 4.78 is 31.7. The van der Waals surface area contributed by atoms with Gasteiger partial charge in [-0.3, -0.25) is 14.9 Å². The number of amides is 2. The molecule has 1 aliphatic rings. The number of hydrogen-bond acceptors (Lipinski definition) is 5. The van der Waals surface area contributed by atoms with Gasteiger partial charge in [-0.15, -0.1) is 5.10 Å². The smallest absolute Gasteiger partial charge is 0.322 e. The minimum absolute atomic E-state index is 0.110. The Morgan fingerprint density at radius 1 is 1.11 bits per heavy atom. The van der Waals surface area contributed by atoms with E-state index in [0.29, 0.717) is 12.2 Å². The highest BCUT2D eigenvalue weighted by atomic mass is 19.1. The number of benzene rings is 2. The van der Waals surface area contributed by atoms with E-state index < -0.39 is 11.7 Å². The van der Waals surface area contributed by atoms with Crippen LogP contribution in [-0.2, 0) is 4.79 Å². The lowest BCUT2D eigenvalue weighted by molar-refractivity contribution is -0.117. The lowest BCUT2D eigenvalue weighted by Crippen LogP contribution is -2.24. The van der Waals surface area contributed by atoms with E-state index in [2.05, 4.69) is 15.5 Å². The van der Waals surface area contributed by atoms with Gasteiger partial charge in [-0.2, -0.15) is 0 Å². The lowest BCUT2D eigenvalue weighted by atomic mass is 10.1. The molecule has 0 bridgehead atoms. The van der Waals surface area contributed by atoms with Crippen LogP contribution in [0, 0.1) is 11.6 Å². The van der Waals surface area contributed by atoms with Gasteiger partial charge < -0.3 is 9.32 Å². The largest absolute Gasteiger partial charge is 0.407 e. The Morgan fingerprint density at radius 2 is 1.89 bits per heavy atom. The van der Waals surface area contributed by atoms with Crippen LogP contribution in [0.25, 0.3) is 0 Å². The molecule has 1 atom stereocenters. The topological polar surface area (TPSA) is 88.3 Å². The van der Waals surface area contributed by atoms with Gasteiger partial charge in [0.1, 0.15) is 11.6 Å². The predicted molar refractivity (Wildman–Crippen MR) is 94.8 cm³/mol. The molecule has 0 unspecified atom stereocenters. The number of carbonyl (C=O) groups excluding carboxylic acids is 2. The summed E-state index contributed by atoms with van der Waals surface area (Å²) in [6.45, 7) is 0.296. The van der Waals surface area contributed by atoms with Crippen LogP contribution in [0.2, 0.25) is 0 Å². The molecule has 2 aromatic carbocycles. The van der Waals surface area contributed by atoms with Gasteiger partial charge in [0.15, 0.2) is 0 Å². The van der Waals surface area contributed by atoms with Crippen LogP contribution in [0.1, 0.15) is 28.6 Å². The first-order valence-electron chi connectivity index (χ1n) is 8.46. The Labute approximate surface area is 158 Å². The maximum atomic E-state index is 13.2. The molecule has 1 aromatic heterocycles. The van der Waals surface area contributed by atoms with Crippen molar-refractivity contribution in [3.63, 3.8) is 0 Å². The average Bonchev–Trinajstić information content (AvgIpc) is 3.29. The predicted octanol–water partition coefficient (Wildman–Crippen LogP) is 3.12. The number of anilines is 2. The summed E-state index contributed by atoms with van der Waals surface area (Å²) in [6, 6.07) is 10.6.